The largest absolute Gasteiger partial charge is 0.370 e. The van der Waals surface area contributed by atoms with Crippen molar-refractivity contribution in [2.75, 3.05) is 19.7 Å². The average Bonchev–Trinajstić information content (AvgIpc) is 2.49. The van der Waals surface area contributed by atoms with Crippen molar-refractivity contribution in [3.63, 3.8) is 0 Å². The van der Waals surface area contributed by atoms with Gasteiger partial charge in [-0.1, -0.05) is 42.6 Å². The third kappa shape index (κ3) is 3.93. The van der Waals surface area contributed by atoms with Crippen LogP contribution in [0.4, 0.5) is 0 Å². The van der Waals surface area contributed by atoms with Gasteiger partial charge >= 0.3 is 0 Å². The fraction of sp³-hybridized carbons (Fsp3) is 0.562. The highest BCUT2D eigenvalue weighted by Gasteiger charge is 2.35. The van der Waals surface area contributed by atoms with Crippen molar-refractivity contribution in [1.82, 2.24) is 4.90 Å². The number of benzene rings is 1. The average molecular weight is 345 g/mol. The second-order valence-corrected chi connectivity index (χ2v) is 6.77. The minimum atomic E-state index is -0.825. The number of carbonyl (C=O) groups excluding carboxylic acids is 1. The van der Waals surface area contributed by atoms with E-state index >= 15 is 0 Å². The van der Waals surface area contributed by atoms with Gasteiger partial charge < -0.3 is 15.4 Å². The fourth-order valence-corrected chi connectivity index (χ4v) is 3.04. The molecule has 0 aliphatic carbocycles. The molecular formula is C16H22Cl2N2O2. The number of carbonyl (C=O) groups is 1. The quantitative estimate of drug-likeness (QED) is 0.910. The van der Waals surface area contributed by atoms with Crippen molar-refractivity contribution < 1.29 is 9.53 Å². The van der Waals surface area contributed by atoms with Crippen molar-refractivity contribution >= 4 is 29.1 Å². The van der Waals surface area contributed by atoms with Gasteiger partial charge in [-0.15, -0.1) is 0 Å². The van der Waals surface area contributed by atoms with Gasteiger partial charge in [-0.05, 0) is 31.0 Å². The predicted molar refractivity (Wildman–Crippen MR) is 89.2 cm³/mol. The molecule has 0 bridgehead atoms. The molecule has 1 aliphatic rings. The molecule has 1 saturated heterocycles. The molecule has 1 aliphatic heterocycles. The first-order valence-corrected chi connectivity index (χ1v) is 8.25. The summed E-state index contributed by atoms with van der Waals surface area (Å²) in [7, 11) is 0. The SMILES string of the molecule is CCCC(C)(N)C(=O)N1CCOC(c2ccc(Cl)c(Cl)c2)C1. The summed E-state index contributed by atoms with van der Waals surface area (Å²) in [4.78, 5) is 14.4. The molecule has 2 unspecified atom stereocenters. The third-order valence-corrected chi connectivity index (χ3v) is 4.67. The lowest BCUT2D eigenvalue weighted by Crippen LogP contribution is -2.56. The zero-order chi connectivity index (χ0) is 16.3. The molecule has 0 aromatic heterocycles. The molecule has 0 spiro atoms. The van der Waals surface area contributed by atoms with Crippen molar-refractivity contribution in [3.8, 4) is 0 Å². The highest BCUT2D eigenvalue weighted by Crippen LogP contribution is 2.29. The molecule has 0 saturated carbocycles. The second kappa shape index (κ2) is 7.18. The molecule has 4 nitrogen and oxygen atoms in total. The van der Waals surface area contributed by atoms with E-state index in [1.807, 2.05) is 13.0 Å². The van der Waals surface area contributed by atoms with Crippen LogP contribution in [0.1, 0.15) is 38.4 Å². The molecule has 2 N–H and O–H groups in total. The van der Waals surface area contributed by atoms with Crippen LogP contribution in [-0.4, -0.2) is 36.0 Å². The lowest BCUT2D eigenvalue weighted by Gasteiger charge is -2.37. The first kappa shape index (κ1) is 17.5. The number of halogens is 2. The van der Waals surface area contributed by atoms with Crippen molar-refractivity contribution in [3.05, 3.63) is 33.8 Å². The molecule has 122 valence electrons. The highest BCUT2D eigenvalue weighted by atomic mass is 35.5. The predicted octanol–water partition coefficient (Wildman–Crippen LogP) is 3.41. The number of rotatable bonds is 4. The first-order chi connectivity index (χ1) is 10.3. The number of hydrogen-bond donors (Lipinski definition) is 1. The van der Waals surface area contributed by atoms with Gasteiger partial charge in [0.05, 0.1) is 28.7 Å². The van der Waals surface area contributed by atoms with Gasteiger partial charge in [0.25, 0.3) is 0 Å². The van der Waals surface area contributed by atoms with Gasteiger partial charge in [-0.3, -0.25) is 4.79 Å². The monoisotopic (exact) mass is 344 g/mol. The molecule has 1 aromatic rings. The minimum absolute atomic E-state index is 0.0253. The maximum atomic E-state index is 12.6. The van der Waals surface area contributed by atoms with E-state index in [9.17, 15) is 4.79 Å². The Labute approximate surface area is 141 Å². The maximum Gasteiger partial charge on any atom is 0.242 e. The van der Waals surface area contributed by atoms with Crippen molar-refractivity contribution in [1.29, 1.82) is 0 Å². The second-order valence-electron chi connectivity index (χ2n) is 5.95. The molecular weight excluding hydrogens is 323 g/mol. The summed E-state index contributed by atoms with van der Waals surface area (Å²) in [6, 6.07) is 5.41. The summed E-state index contributed by atoms with van der Waals surface area (Å²) in [5, 5.41) is 0.993. The van der Waals surface area contributed by atoms with E-state index < -0.39 is 5.54 Å². The van der Waals surface area contributed by atoms with E-state index in [1.165, 1.54) is 0 Å². The van der Waals surface area contributed by atoms with Crippen LogP contribution >= 0.6 is 23.2 Å². The number of nitrogens with zero attached hydrogens (tertiary/aromatic N) is 1. The zero-order valence-electron chi connectivity index (χ0n) is 12.9. The van der Waals surface area contributed by atoms with Gasteiger partial charge in [0.2, 0.25) is 5.91 Å². The Morgan fingerprint density at radius 3 is 2.82 bits per heavy atom. The van der Waals surface area contributed by atoms with Crippen LogP contribution in [0.2, 0.25) is 10.0 Å². The van der Waals surface area contributed by atoms with Crippen LogP contribution in [0.15, 0.2) is 18.2 Å². The minimum Gasteiger partial charge on any atom is -0.370 e. The fourth-order valence-electron chi connectivity index (χ4n) is 2.74. The third-order valence-electron chi connectivity index (χ3n) is 3.93. The van der Waals surface area contributed by atoms with Gasteiger partial charge in [0, 0.05) is 6.54 Å². The Hall–Kier alpha value is -0.810. The van der Waals surface area contributed by atoms with Gasteiger partial charge in [-0.25, -0.2) is 0 Å². The topological polar surface area (TPSA) is 55.6 Å². The molecule has 1 amide bonds. The summed E-state index contributed by atoms with van der Waals surface area (Å²) < 4.78 is 5.78. The summed E-state index contributed by atoms with van der Waals surface area (Å²) >= 11 is 12.0. The highest BCUT2D eigenvalue weighted by molar-refractivity contribution is 6.42. The number of ether oxygens (including phenoxy) is 1. The summed E-state index contributed by atoms with van der Waals surface area (Å²) in [5.41, 5.74) is 6.25. The summed E-state index contributed by atoms with van der Waals surface area (Å²) in [6.07, 6.45) is 1.34. The Balaban J connectivity index is 2.11. The Bertz CT molecular complexity index is 549. The molecule has 1 heterocycles. The van der Waals surface area contributed by atoms with E-state index in [0.717, 1.165) is 12.0 Å². The van der Waals surface area contributed by atoms with E-state index in [2.05, 4.69) is 0 Å². The lowest BCUT2D eigenvalue weighted by molar-refractivity contribution is -0.144. The number of hydrogen-bond acceptors (Lipinski definition) is 3. The molecule has 2 atom stereocenters. The van der Waals surface area contributed by atoms with Gasteiger partial charge in [0.1, 0.15) is 6.10 Å². The number of amides is 1. The van der Waals surface area contributed by atoms with E-state index in [0.29, 0.717) is 36.2 Å². The Kier molecular flexibility index (Phi) is 5.72. The zero-order valence-corrected chi connectivity index (χ0v) is 14.5. The first-order valence-electron chi connectivity index (χ1n) is 7.50. The Morgan fingerprint density at radius 1 is 1.45 bits per heavy atom. The molecule has 2 rings (SSSR count). The molecule has 0 radical (unpaired) electrons. The van der Waals surface area contributed by atoms with Crippen molar-refractivity contribution in [2.45, 2.75) is 38.3 Å². The molecule has 22 heavy (non-hydrogen) atoms. The van der Waals surface area contributed by atoms with Crippen LogP contribution in [0.3, 0.4) is 0 Å². The summed E-state index contributed by atoms with van der Waals surface area (Å²) in [6.45, 7) is 5.35. The van der Waals surface area contributed by atoms with Crippen LogP contribution < -0.4 is 5.73 Å². The number of morpholine rings is 1. The van der Waals surface area contributed by atoms with Crippen LogP contribution in [0.5, 0.6) is 0 Å². The van der Waals surface area contributed by atoms with Crippen LogP contribution in [0, 0.1) is 0 Å². The molecule has 6 heteroatoms. The maximum absolute atomic E-state index is 12.6. The number of nitrogens with two attached hydrogens (primary N) is 1. The van der Waals surface area contributed by atoms with E-state index in [-0.39, 0.29) is 12.0 Å². The van der Waals surface area contributed by atoms with Crippen LogP contribution in [-0.2, 0) is 9.53 Å². The van der Waals surface area contributed by atoms with Gasteiger partial charge in [0.15, 0.2) is 0 Å². The van der Waals surface area contributed by atoms with E-state index in [1.54, 1.807) is 24.0 Å². The van der Waals surface area contributed by atoms with Crippen LogP contribution in [0.25, 0.3) is 0 Å². The molecule has 1 fully saturated rings. The van der Waals surface area contributed by atoms with E-state index in [4.69, 9.17) is 33.7 Å². The lowest BCUT2D eigenvalue weighted by atomic mass is 9.95. The van der Waals surface area contributed by atoms with Crippen molar-refractivity contribution in [2.24, 2.45) is 5.73 Å². The van der Waals surface area contributed by atoms with Gasteiger partial charge in [-0.2, -0.15) is 0 Å². The standard InChI is InChI=1S/C16H22Cl2N2O2/c1-3-6-16(2,19)15(21)20-7-8-22-14(10-20)11-4-5-12(17)13(18)9-11/h4-5,9,14H,3,6-8,10,19H2,1-2H3. The summed E-state index contributed by atoms with van der Waals surface area (Å²) in [5.74, 6) is -0.0253. The molecule has 1 aromatic carbocycles. The Morgan fingerprint density at radius 2 is 2.18 bits per heavy atom. The smallest absolute Gasteiger partial charge is 0.242 e. The normalized spacial score (nSPS) is 21.5.